The van der Waals surface area contributed by atoms with E-state index >= 15 is 0 Å². The number of aromatic nitrogens is 1. The van der Waals surface area contributed by atoms with Crippen LogP contribution in [0.5, 0.6) is 5.75 Å². The standard InChI is InChI=1S/C18H21N3O6S3/c1-11(2)19-29(23,24)12-6-8-16(27-4)14(9-12)20-30(25,26)13-5-7-15-17(10-13)28-18(22)21(15)3/h5-11,19-20H,1-4H3. The molecule has 9 nitrogen and oxygen atoms in total. The van der Waals surface area contributed by atoms with Crippen molar-refractivity contribution in [1.82, 2.24) is 9.29 Å². The van der Waals surface area contributed by atoms with Gasteiger partial charge in [0.25, 0.3) is 10.0 Å². The lowest BCUT2D eigenvalue weighted by Gasteiger charge is -2.15. The molecule has 0 aliphatic carbocycles. The van der Waals surface area contributed by atoms with Gasteiger partial charge in [-0.2, -0.15) is 0 Å². The van der Waals surface area contributed by atoms with Crippen LogP contribution in [0.2, 0.25) is 0 Å². The van der Waals surface area contributed by atoms with Crippen molar-refractivity contribution in [1.29, 1.82) is 0 Å². The number of thiazole rings is 1. The van der Waals surface area contributed by atoms with Crippen LogP contribution < -0.4 is 19.1 Å². The van der Waals surface area contributed by atoms with E-state index in [9.17, 15) is 21.6 Å². The van der Waals surface area contributed by atoms with E-state index < -0.39 is 20.0 Å². The molecule has 0 unspecified atom stereocenters. The van der Waals surface area contributed by atoms with Crippen molar-refractivity contribution in [3.63, 3.8) is 0 Å². The summed E-state index contributed by atoms with van der Waals surface area (Å²) in [6.45, 7) is 3.36. The molecule has 0 radical (unpaired) electrons. The van der Waals surface area contributed by atoms with E-state index in [4.69, 9.17) is 4.74 Å². The van der Waals surface area contributed by atoms with Gasteiger partial charge in [-0.25, -0.2) is 21.6 Å². The Morgan fingerprint density at radius 1 is 1.00 bits per heavy atom. The van der Waals surface area contributed by atoms with Crippen LogP contribution >= 0.6 is 11.3 Å². The average molecular weight is 472 g/mol. The summed E-state index contributed by atoms with van der Waals surface area (Å²) in [7, 11) is -4.96. The van der Waals surface area contributed by atoms with Crippen molar-refractivity contribution in [2.75, 3.05) is 11.8 Å². The van der Waals surface area contributed by atoms with Crippen LogP contribution in [0.3, 0.4) is 0 Å². The summed E-state index contributed by atoms with van der Waals surface area (Å²) in [6, 6.07) is 7.89. The van der Waals surface area contributed by atoms with Gasteiger partial charge in [-0.3, -0.25) is 9.52 Å². The van der Waals surface area contributed by atoms with Gasteiger partial charge in [-0.1, -0.05) is 11.3 Å². The molecule has 162 valence electrons. The molecular weight excluding hydrogens is 450 g/mol. The maximum Gasteiger partial charge on any atom is 0.307 e. The summed E-state index contributed by atoms with van der Waals surface area (Å²) in [6.07, 6.45) is 0. The first-order chi connectivity index (χ1) is 13.9. The van der Waals surface area contributed by atoms with E-state index in [0.29, 0.717) is 10.2 Å². The second-order valence-corrected chi connectivity index (χ2v) is 11.2. The SMILES string of the molecule is COc1ccc(S(=O)(=O)NC(C)C)cc1NS(=O)(=O)c1ccc2c(c1)sc(=O)n2C. The third-order valence-corrected chi connectivity index (χ3v) is 8.21. The highest BCUT2D eigenvalue weighted by molar-refractivity contribution is 7.92. The second-order valence-electron chi connectivity index (χ2n) is 6.80. The fourth-order valence-electron chi connectivity index (χ4n) is 2.80. The van der Waals surface area contributed by atoms with Crippen LogP contribution in [0.1, 0.15) is 13.8 Å². The Morgan fingerprint density at radius 3 is 2.27 bits per heavy atom. The topological polar surface area (TPSA) is 124 Å². The molecule has 2 N–H and O–H groups in total. The van der Waals surface area contributed by atoms with Gasteiger partial charge < -0.3 is 9.30 Å². The van der Waals surface area contributed by atoms with Crippen molar-refractivity contribution in [2.45, 2.75) is 29.7 Å². The molecular formula is C18H21N3O6S3. The number of anilines is 1. The van der Waals surface area contributed by atoms with E-state index in [1.165, 1.54) is 42.0 Å². The van der Waals surface area contributed by atoms with Gasteiger partial charge >= 0.3 is 4.87 Å². The molecule has 1 heterocycles. The Morgan fingerprint density at radius 2 is 1.63 bits per heavy atom. The molecule has 0 amide bonds. The molecule has 1 aromatic heterocycles. The van der Waals surface area contributed by atoms with E-state index in [1.54, 1.807) is 27.0 Å². The van der Waals surface area contributed by atoms with Crippen LogP contribution in [-0.2, 0) is 27.1 Å². The van der Waals surface area contributed by atoms with Crippen LogP contribution in [-0.4, -0.2) is 34.6 Å². The second kappa shape index (κ2) is 8.02. The molecule has 0 aliphatic rings. The summed E-state index contributed by atoms with van der Waals surface area (Å²) in [5.74, 6) is 0.160. The average Bonchev–Trinajstić information content (AvgIpc) is 2.94. The number of hydrogen-bond acceptors (Lipinski definition) is 7. The number of ether oxygens (including phenoxy) is 1. The summed E-state index contributed by atoms with van der Waals surface area (Å²) in [5.41, 5.74) is 0.597. The van der Waals surface area contributed by atoms with Gasteiger partial charge in [-0.15, -0.1) is 0 Å². The summed E-state index contributed by atoms with van der Waals surface area (Å²) in [4.78, 5) is 11.4. The monoisotopic (exact) mass is 471 g/mol. The van der Waals surface area contributed by atoms with Gasteiger partial charge in [0.15, 0.2) is 0 Å². The third kappa shape index (κ3) is 4.36. The minimum Gasteiger partial charge on any atom is -0.495 e. The number of hydrogen-bond donors (Lipinski definition) is 2. The predicted octanol–water partition coefficient (Wildman–Crippen LogP) is 2.10. The van der Waals surface area contributed by atoms with Gasteiger partial charge in [-0.05, 0) is 50.2 Å². The molecule has 3 rings (SSSR count). The lowest BCUT2D eigenvalue weighted by molar-refractivity contribution is 0.416. The predicted molar refractivity (Wildman–Crippen MR) is 116 cm³/mol. The number of nitrogens with one attached hydrogen (secondary N) is 2. The van der Waals surface area contributed by atoms with Crippen molar-refractivity contribution >= 4 is 47.3 Å². The highest BCUT2D eigenvalue weighted by Crippen LogP contribution is 2.30. The number of fused-ring (bicyclic) bond motifs is 1. The minimum atomic E-state index is -4.08. The molecule has 2 aromatic carbocycles. The molecule has 12 heteroatoms. The number of benzene rings is 2. The summed E-state index contributed by atoms with van der Waals surface area (Å²) in [5, 5.41) is 0. The highest BCUT2D eigenvalue weighted by Gasteiger charge is 2.22. The van der Waals surface area contributed by atoms with Gasteiger partial charge in [0, 0.05) is 13.1 Å². The molecule has 0 fully saturated rings. The molecule has 0 bridgehead atoms. The van der Waals surface area contributed by atoms with Crippen LogP contribution in [0.15, 0.2) is 51.0 Å². The number of rotatable bonds is 7. The maximum atomic E-state index is 12.9. The van der Waals surface area contributed by atoms with Crippen LogP contribution in [0.25, 0.3) is 10.2 Å². The Kier molecular flexibility index (Phi) is 5.96. The molecule has 3 aromatic rings. The number of sulfonamides is 2. The van der Waals surface area contributed by atoms with E-state index in [0.717, 1.165) is 11.3 Å². The Bertz CT molecular complexity index is 1370. The number of methoxy groups -OCH3 is 1. The molecule has 0 atom stereocenters. The van der Waals surface area contributed by atoms with Crippen molar-refractivity contribution in [3.05, 3.63) is 46.1 Å². The van der Waals surface area contributed by atoms with Gasteiger partial charge in [0.05, 0.1) is 32.8 Å². The van der Waals surface area contributed by atoms with Gasteiger partial charge in [0.2, 0.25) is 10.0 Å². The summed E-state index contributed by atoms with van der Waals surface area (Å²) < 4.78 is 62.7. The fourth-order valence-corrected chi connectivity index (χ4v) is 6.15. The van der Waals surface area contributed by atoms with E-state index in [2.05, 4.69) is 9.44 Å². The number of nitrogens with zero attached hydrogens (tertiary/aromatic N) is 1. The van der Waals surface area contributed by atoms with Crippen LogP contribution in [0, 0.1) is 0 Å². The molecule has 0 saturated heterocycles. The summed E-state index contributed by atoms with van der Waals surface area (Å²) >= 11 is 0.937. The Labute approximate surface area is 178 Å². The lowest BCUT2D eigenvalue weighted by atomic mass is 10.3. The zero-order valence-electron chi connectivity index (χ0n) is 16.7. The van der Waals surface area contributed by atoms with Crippen molar-refractivity contribution in [2.24, 2.45) is 7.05 Å². The van der Waals surface area contributed by atoms with E-state index in [-0.39, 0.29) is 32.1 Å². The smallest absolute Gasteiger partial charge is 0.307 e. The van der Waals surface area contributed by atoms with Gasteiger partial charge in [0.1, 0.15) is 5.75 Å². The molecule has 0 saturated carbocycles. The van der Waals surface area contributed by atoms with Crippen molar-refractivity contribution < 1.29 is 21.6 Å². The normalized spacial score (nSPS) is 12.4. The first kappa shape index (κ1) is 22.3. The Balaban J connectivity index is 2.03. The van der Waals surface area contributed by atoms with E-state index in [1.807, 2.05) is 0 Å². The lowest BCUT2D eigenvalue weighted by Crippen LogP contribution is -2.30. The zero-order chi connectivity index (χ0) is 22.3. The first-order valence-corrected chi connectivity index (χ1v) is 12.6. The highest BCUT2D eigenvalue weighted by atomic mass is 32.2. The largest absolute Gasteiger partial charge is 0.495 e. The molecule has 0 spiro atoms. The number of aryl methyl sites for hydroxylation is 1. The Hall–Kier alpha value is -2.41. The first-order valence-electron chi connectivity index (χ1n) is 8.77. The fraction of sp³-hybridized carbons (Fsp3) is 0.278. The van der Waals surface area contributed by atoms with Crippen LogP contribution in [0.4, 0.5) is 5.69 Å². The van der Waals surface area contributed by atoms with Crippen molar-refractivity contribution in [3.8, 4) is 5.75 Å². The quantitative estimate of drug-likeness (QED) is 0.544. The molecule has 30 heavy (non-hydrogen) atoms. The molecule has 0 aliphatic heterocycles. The third-order valence-electron chi connectivity index (χ3n) is 4.19. The minimum absolute atomic E-state index is 0.0227. The maximum absolute atomic E-state index is 12.9. The zero-order valence-corrected chi connectivity index (χ0v) is 19.1.